The summed E-state index contributed by atoms with van der Waals surface area (Å²) in [6, 6.07) is 58.2. The molecule has 50 heavy (non-hydrogen) atoms. The van der Waals surface area contributed by atoms with Crippen LogP contribution in [0.4, 0.5) is 5.69 Å². The van der Waals surface area contributed by atoms with E-state index in [-0.39, 0.29) is 18.4 Å². The molecule has 0 spiro atoms. The third kappa shape index (κ3) is 4.76. The molecule has 0 saturated heterocycles. The average molecular weight is 664 g/mol. The van der Waals surface area contributed by atoms with Gasteiger partial charge < -0.3 is 15.2 Å². The third-order valence-electron chi connectivity index (χ3n) is 9.92. The monoisotopic (exact) mass is 663 g/mol. The van der Waals surface area contributed by atoms with Gasteiger partial charge in [-0.15, -0.1) is 11.3 Å². The smallest absolute Gasteiger partial charge is 0.131 e. The zero-order valence-electron chi connectivity index (χ0n) is 27.1. The van der Waals surface area contributed by atoms with Gasteiger partial charge in [-0.25, -0.2) is 4.99 Å². The number of anilines is 1. The first-order chi connectivity index (χ1) is 24.8. The van der Waals surface area contributed by atoms with Gasteiger partial charge in [-0.3, -0.25) is 5.32 Å². The van der Waals surface area contributed by atoms with Gasteiger partial charge in [0.15, 0.2) is 0 Å². The van der Waals surface area contributed by atoms with E-state index in [0.29, 0.717) is 0 Å². The second-order valence-electron chi connectivity index (χ2n) is 12.9. The van der Waals surface area contributed by atoms with E-state index in [0.717, 1.165) is 22.6 Å². The number of hydrogen-bond donors (Lipinski definition) is 3. The Labute approximate surface area is 294 Å². The number of benzene rings is 6. The minimum absolute atomic E-state index is 0.0316. The molecule has 5 nitrogen and oxygen atoms in total. The number of para-hydroxylation sites is 2. The second-order valence-corrected chi connectivity index (χ2v) is 13.9. The van der Waals surface area contributed by atoms with E-state index in [4.69, 9.17) is 4.99 Å². The largest absolute Gasteiger partial charge is 0.373 e. The zero-order chi connectivity index (χ0) is 33.0. The van der Waals surface area contributed by atoms with Crippen molar-refractivity contribution in [2.45, 2.75) is 18.4 Å². The first kappa shape index (κ1) is 29.0. The summed E-state index contributed by atoms with van der Waals surface area (Å²) in [6.45, 7) is 0. The second kappa shape index (κ2) is 11.9. The van der Waals surface area contributed by atoms with Crippen molar-refractivity contribution in [2.24, 2.45) is 4.99 Å². The lowest BCUT2D eigenvalue weighted by Gasteiger charge is -2.33. The number of rotatable bonds is 5. The van der Waals surface area contributed by atoms with Gasteiger partial charge in [0.1, 0.15) is 18.2 Å². The van der Waals surface area contributed by atoms with Crippen LogP contribution < -0.4 is 16.0 Å². The van der Waals surface area contributed by atoms with Crippen LogP contribution in [0.2, 0.25) is 0 Å². The Kier molecular flexibility index (Phi) is 6.89. The van der Waals surface area contributed by atoms with E-state index < -0.39 is 0 Å². The molecule has 0 bridgehead atoms. The summed E-state index contributed by atoms with van der Waals surface area (Å²) >= 11 is 1.91. The molecule has 6 heteroatoms. The Balaban J connectivity index is 1.15. The van der Waals surface area contributed by atoms with Gasteiger partial charge >= 0.3 is 0 Å². The van der Waals surface area contributed by atoms with Crippen LogP contribution in [0, 0.1) is 0 Å². The van der Waals surface area contributed by atoms with E-state index in [1.165, 1.54) is 53.9 Å². The summed E-state index contributed by atoms with van der Waals surface area (Å²) in [5.74, 6) is 0.882. The standard InChI is InChI=1S/C44H33N5S/c1-5-15-28(16-6-1)38-37-39-41(34-23-13-14-24-36(34)49(39)32-21-11-4-12-22-32)50-40(37)33-26-25-31(27-35(33)45-38)44-47-42(29-17-7-2-8-18-29)46-43(48-44)30-19-9-3-10-20-30/h1-27,38,42,44-45,47H,(H,46,48). The molecule has 2 aliphatic rings. The Morgan fingerprint density at radius 3 is 2.02 bits per heavy atom. The molecule has 0 radical (unpaired) electrons. The molecular formula is C44H33N5S. The molecule has 3 atom stereocenters. The summed E-state index contributed by atoms with van der Waals surface area (Å²) in [5, 5.41) is 12.8. The van der Waals surface area contributed by atoms with Crippen LogP contribution in [-0.2, 0) is 0 Å². The lowest BCUT2D eigenvalue weighted by atomic mass is 9.90. The highest BCUT2D eigenvalue weighted by Crippen LogP contribution is 2.53. The maximum absolute atomic E-state index is 5.24. The summed E-state index contributed by atoms with van der Waals surface area (Å²) in [6.07, 6.45) is -0.333. The Hall–Kier alpha value is -5.95. The molecule has 2 aromatic heterocycles. The van der Waals surface area contributed by atoms with Crippen LogP contribution in [0.1, 0.15) is 46.2 Å². The minimum Gasteiger partial charge on any atom is -0.373 e. The molecule has 4 heterocycles. The molecule has 0 saturated carbocycles. The van der Waals surface area contributed by atoms with E-state index in [1.807, 2.05) is 17.4 Å². The van der Waals surface area contributed by atoms with E-state index >= 15 is 0 Å². The molecule has 6 aromatic carbocycles. The number of fused-ring (bicyclic) bond motifs is 7. The van der Waals surface area contributed by atoms with Crippen LogP contribution in [0.25, 0.3) is 37.2 Å². The van der Waals surface area contributed by atoms with E-state index in [9.17, 15) is 0 Å². The summed E-state index contributed by atoms with van der Waals surface area (Å²) in [5.41, 5.74) is 11.9. The van der Waals surface area contributed by atoms with Crippen LogP contribution in [0.3, 0.4) is 0 Å². The molecule has 3 N–H and O–H groups in total. The first-order valence-electron chi connectivity index (χ1n) is 17.1. The zero-order valence-corrected chi connectivity index (χ0v) is 27.9. The SMILES string of the molecule is c1ccc(C2=NC(c3ccc4c(c3)NC(c3ccccc3)c3c-4sc4c5ccccc5n(-c5ccccc5)c34)NC(c3ccccc3)N2)cc1. The maximum atomic E-state index is 5.24. The fraction of sp³-hybridized carbons (Fsp3) is 0.0682. The molecule has 0 amide bonds. The summed E-state index contributed by atoms with van der Waals surface area (Å²) in [7, 11) is 0. The highest BCUT2D eigenvalue weighted by Gasteiger charge is 2.34. The van der Waals surface area contributed by atoms with Crippen LogP contribution in [-0.4, -0.2) is 10.4 Å². The van der Waals surface area contributed by atoms with E-state index in [1.54, 1.807) is 0 Å². The number of nitrogens with zero attached hydrogens (tertiary/aromatic N) is 2. The first-order valence-corrected chi connectivity index (χ1v) is 17.9. The summed E-state index contributed by atoms with van der Waals surface area (Å²) in [4.78, 5) is 6.55. The number of thiophene rings is 1. The van der Waals surface area contributed by atoms with Gasteiger partial charge in [-0.1, -0.05) is 140 Å². The maximum Gasteiger partial charge on any atom is 0.131 e. The van der Waals surface area contributed by atoms with Gasteiger partial charge in [0.25, 0.3) is 0 Å². The highest BCUT2D eigenvalue weighted by atomic mass is 32.1. The third-order valence-corrected chi connectivity index (χ3v) is 11.2. The number of hydrogen-bond acceptors (Lipinski definition) is 5. The van der Waals surface area contributed by atoms with Crippen molar-refractivity contribution in [1.82, 2.24) is 15.2 Å². The number of aliphatic imine (C=N–C) groups is 1. The number of nitrogens with one attached hydrogen (secondary N) is 3. The van der Waals surface area contributed by atoms with Crippen LogP contribution in [0.5, 0.6) is 0 Å². The molecule has 0 fully saturated rings. The van der Waals surface area contributed by atoms with Crippen molar-refractivity contribution in [1.29, 1.82) is 0 Å². The van der Waals surface area contributed by atoms with Crippen molar-refractivity contribution >= 4 is 44.0 Å². The van der Waals surface area contributed by atoms with E-state index in [2.05, 4.69) is 178 Å². The molecule has 10 rings (SSSR count). The van der Waals surface area contributed by atoms with Crippen molar-refractivity contribution in [3.05, 3.63) is 192 Å². The minimum atomic E-state index is -0.242. The molecule has 3 unspecified atom stereocenters. The predicted molar refractivity (Wildman–Crippen MR) is 207 cm³/mol. The predicted octanol–water partition coefficient (Wildman–Crippen LogP) is 10.4. The molecule has 240 valence electrons. The van der Waals surface area contributed by atoms with Crippen molar-refractivity contribution in [3.63, 3.8) is 0 Å². The number of amidine groups is 1. The van der Waals surface area contributed by atoms with Crippen molar-refractivity contribution in [2.75, 3.05) is 5.32 Å². The van der Waals surface area contributed by atoms with Crippen molar-refractivity contribution < 1.29 is 0 Å². The Morgan fingerprint density at radius 1 is 0.600 bits per heavy atom. The lowest BCUT2D eigenvalue weighted by Crippen LogP contribution is -2.44. The molecule has 0 aliphatic carbocycles. The van der Waals surface area contributed by atoms with Gasteiger partial charge in [0.05, 0.1) is 21.8 Å². The van der Waals surface area contributed by atoms with Crippen LogP contribution in [0.15, 0.2) is 169 Å². The fourth-order valence-electron chi connectivity index (χ4n) is 7.60. The Morgan fingerprint density at radius 2 is 1.26 bits per heavy atom. The lowest BCUT2D eigenvalue weighted by molar-refractivity contribution is 0.409. The molecular weight excluding hydrogens is 631 g/mol. The fourth-order valence-corrected chi connectivity index (χ4v) is 8.99. The van der Waals surface area contributed by atoms with Crippen LogP contribution >= 0.6 is 11.3 Å². The van der Waals surface area contributed by atoms with Gasteiger partial charge in [-0.2, -0.15) is 0 Å². The van der Waals surface area contributed by atoms with Gasteiger partial charge in [0, 0.05) is 38.3 Å². The van der Waals surface area contributed by atoms with Gasteiger partial charge in [-0.05, 0) is 41.0 Å². The van der Waals surface area contributed by atoms with Crippen molar-refractivity contribution in [3.8, 4) is 16.1 Å². The summed E-state index contributed by atoms with van der Waals surface area (Å²) < 4.78 is 3.77. The normalized spacial score (nSPS) is 18.2. The average Bonchev–Trinajstić information content (AvgIpc) is 3.74. The number of aromatic nitrogens is 1. The molecule has 2 aliphatic heterocycles. The molecule has 8 aromatic rings. The quantitative estimate of drug-likeness (QED) is 0.172. The Bertz CT molecular complexity index is 2520. The van der Waals surface area contributed by atoms with Gasteiger partial charge in [0.2, 0.25) is 0 Å². The topological polar surface area (TPSA) is 53.4 Å². The highest BCUT2D eigenvalue weighted by molar-refractivity contribution is 7.23.